The van der Waals surface area contributed by atoms with Gasteiger partial charge in [-0.25, -0.2) is 0 Å². The van der Waals surface area contributed by atoms with Crippen LogP contribution in [0.25, 0.3) is 0 Å². The van der Waals surface area contributed by atoms with Gasteiger partial charge >= 0.3 is 0 Å². The van der Waals surface area contributed by atoms with E-state index in [2.05, 4.69) is 10.2 Å². The Kier molecular flexibility index (Phi) is 11.4. The predicted molar refractivity (Wildman–Crippen MR) is 78.9 cm³/mol. The second-order valence-electron chi connectivity index (χ2n) is 3.77. The van der Waals surface area contributed by atoms with Crippen LogP contribution in [0.5, 0.6) is 0 Å². The van der Waals surface area contributed by atoms with Crippen LogP contribution in [0.2, 0.25) is 0 Å². The van der Waals surface area contributed by atoms with Crippen molar-refractivity contribution in [2.24, 2.45) is 0 Å². The highest BCUT2D eigenvalue weighted by atomic mass is 35.5. The number of rotatable bonds is 5. The van der Waals surface area contributed by atoms with Crippen LogP contribution < -0.4 is 10.7 Å². The first-order chi connectivity index (χ1) is 7.20. The molecule has 0 amide bonds. The van der Waals surface area contributed by atoms with Crippen LogP contribution in [0, 0.1) is 0 Å². The lowest BCUT2D eigenvalue weighted by Crippen LogP contribution is -2.17. The fourth-order valence-corrected chi connectivity index (χ4v) is 1.30. The Labute approximate surface area is 115 Å². The first-order valence-electron chi connectivity index (χ1n) is 5.18. The number of hydrogen-bond acceptors (Lipinski definition) is 3. The van der Waals surface area contributed by atoms with E-state index >= 15 is 0 Å². The first kappa shape index (κ1) is 18.6. The normalized spacial score (nSPS) is 9.12. The van der Waals surface area contributed by atoms with E-state index in [0.29, 0.717) is 5.69 Å². The molecule has 0 aromatic heterocycles. The lowest BCUT2D eigenvalue weighted by molar-refractivity contribution is 0.405. The van der Waals surface area contributed by atoms with Crippen LogP contribution in [0.15, 0.2) is 35.1 Å². The summed E-state index contributed by atoms with van der Waals surface area (Å²) in [6.07, 6.45) is 1.03. The molecule has 98 valence electrons. The molecule has 0 aliphatic carbocycles. The molecule has 1 aromatic carbocycles. The van der Waals surface area contributed by atoms with Gasteiger partial charge in [0, 0.05) is 6.54 Å². The van der Waals surface area contributed by atoms with E-state index in [4.69, 9.17) is 0 Å². The molecule has 0 saturated heterocycles. The summed E-state index contributed by atoms with van der Waals surface area (Å²) in [7, 11) is 4.09. The van der Waals surface area contributed by atoms with Crippen molar-refractivity contribution < 1.29 is 0 Å². The first-order valence-corrected chi connectivity index (χ1v) is 5.18. The SMILES string of the molecule is CN(C)CCCNc1cccccc1=O.Cl.Cl. The molecule has 1 rings (SSSR count). The van der Waals surface area contributed by atoms with Crippen molar-refractivity contribution in [3.63, 3.8) is 0 Å². The maximum absolute atomic E-state index is 11.5. The molecule has 1 N–H and O–H groups in total. The minimum absolute atomic E-state index is 0. The molecule has 0 radical (unpaired) electrons. The zero-order chi connectivity index (χ0) is 11.1. The smallest absolute Gasteiger partial charge is 0.201 e. The van der Waals surface area contributed by atoms with Gasteiger partial charge in [0.1, 0.15) is 0 Å². The lowest BCUT2D eigenvalue weighted by atomic mass is 10.3. The molecule has 5 heteroatoms. The zero-order valence-electron chi connectivity index (χ0n) is 10.2. The molecular weight excluding hydrogens is 259 g/mol. The van der Waals surface area contributed by atoms with Crippen molar-refractivity contribution >= 4 is 30.5 Å². The quantitative estimate of drug-likeness (QED) is 0.839. The topological polar surface area (TPSA) is 32.3 Å². The number of nitrogens with zero attached hydrogens (tertiary/aromatic N) is 1. The van der Waals surface area contributed by atoms with Crippen LogP contribution >= 0.6 is 24.8 Å². The van der Waals surface area contributed by atoms with Gasteiger partial charge in [-0.1, -0.05) is 18.2 Å². The predicted octanol–water partition coefficient (Wildman–Crippen LogP) is 2.25. The van der Waals surface area contributed by atoms with Gasteiger partial charge in [0.2, 0.25) is 5.43 Å². The third-order valence-corrected chi connectivity index (χ3v) is 2.10. The van der Waals surface area contributed by atoms with Crippen LogP contribution in [-0.2, 0) is 0 Å². The summed E-state index contributed by atoms with van der Waals surface area (Å²) < 4.78 is 0. The van der Waals surface area contributed by atoms with Gasteiger partial charge in [0.25, 0.3) is 0 Å². The summed E-state index contributed by atoms with van der Waals surface area (Å²) in [5.41, 5.74) is 0.726. The molecule has 0 heterocycles. The summed E-state index contributed by atoms with van der Waals surface area (Å²) in [4.78, 5) is 13.6. The Bertz CT molecular complexity index is 358. The molecular formula is C12H20Cl2N2O. The van der Waals surface area contributed by atoms with Gasteiger partial charge in [0.05, 0.1) is 5.69 Å². The fraction of sp³-hybridized carbons (Fsp3) is 0.417. The number of hydrogen-bond donors (Lipinski definition) is 1. The summed E-state index contributed by atoms with van der Waals surface area (Å²) in [5.74, 6) is 0. The van der Waals surface area contributed by atoms with Gasteiger partial charge in [-0.05, 0) is 39.2 Å². The summed E-state index contributed by atoms with van der Waals surface area (Å²) in [6.45, 7) is 1.86. The van der Waals surface area contributed by atoms with Gasteiger partial charge in [0.15, 0.2) is 0 Å². The third kappa shape index (κ3) is 8.02. The lowest BCUT2D eigenvalue weighted by Gasteiger charge is -2.09. The molecule has 3 nitrogen and oxygen atoms in total. The van der Waals surface area contributed by atoms with E-state index in [0.717, 1.165) is 19.5 Å². The molecule has 0 fully saturated rings. The second kappa shape index (κ2) is 10.4. The van der Waals surface area contributed by atoms with Crippen LogP contribution in [-0.4, -0.2) is 32.1 Å². The van der Waals surface area contributed by atoms with Crippen LogP contribution in [0.1, 0.15) is 6.42 Å². The van der Waals surface area contributed by atoms with E-state index in [9.17, 15) is 4.79 Å². The molecule has 0 aliphatic rings. The zero-order valence-corrected chi connectivity index (χ0v) is 11.8. The highest BCUT2D eigenvalue weighted by Crippen LogP contribution is 1.97. The number of nitrogens with one attached hydrogen (secondary N) is 1. The monoisotopic (exact) mass is 278 g/mol. The van der Waals surface area contributed by atoms with E-state index in [1.807, 2.05) is 32.3 Å². The van der Waals surface area contributed by atoms with Crippen molar-refractivity contribution in [1.82, 2.24) is 4.90 Å². The molecule has 0 atom stereocenters. The van der Waals surface area contributed by atoms with Gasteiger partial charge < -0.3 is 10.2 Å². The van der Waals surface area contributed by atoms with E-state index in [-0.39, 0.29) is 30.2 Å². The van der Waals surface area contributed by atoms with Gasteiger partial charge in [-0.15, -0.1) is 24.8 Å². The van der Waals surface area contributed by atoms with Crippen molar-refractivity contribution in [1.29, 1.82) is 0 Å². The summed E-state index contributed by atoms with van der Waals surface area (Å²) >= 11 is 0. The van der Waals surface area contributed by atoms with E-state index < -0.39 is 0 Å². The Morgan fingerprint density at radius 2 is 1.76 bits per heavy atom. The highest BCUT2D eigenvalue weighted by molar-refractivity contribution is 5.85. The molecule has 17 heavy (non-hydrogen) atoms. The molecule has 0 unspecified atom stereocenters. The third-order valence-electron chi connectivity index (χ3n) is 2.10. The Morgan fingerprint density at radius 3 is 2.41 bits per heavy atom. The average Bonchev–Trinajstić information content (AvgIpc) is 2.38. The standard InChI is InChI=1S/C12H18N2O.2ClH/c1-14(2)10-6-9-13-11-7-4-3-5-8-12(11)15;;/h3-5,7-8H,6,9-10H2,1-2H3,(H,13,15);2*1H. The van der Waals surface area contributed by atoms with Crippen LogP contribution in [0.3, 0.4) is 0 Å². The van der Waals surface area contributed by atoms with Gasteiger partial charge in [-0.2, -0.15) is 0 Å². The maximum atomic E-state index is 11.5. The minimum atomic E-state index is 0. The molecule has 1 aromatic rings. The molecule has 0 bridgehead atoms. The largest absolute Gasteiger partial charge is 0.382 e. The van der Waals surface area contributed by atoms with Crippen molar-refractivity contribution in [3.05, 3.63) is 40.6 Å². The Balaban J connectivity index is 0. The summed E-state index contributed by atoms with van der Waals surface area (Å²) in [6, 6.07) is 8.88. The molecule has 0 aliphatic heterocycles. The Morgan fingerprint density at radius 1 is 1.12 bits per heavy atom. The van der Waals surface area contributed by atoms with Crippen molar-refractivity contribution in [3.8, 4) is 0 Å². The summed E-state index contributed by atoms with van der Waals surface area (Å²) in [5, 5.41) is 3.15. The van der Waals surface area contributed by atoms with Crippen LogP contribution in [0.4, 0.5) is 5.69 Å². The van der Waals surface area contributed by atoms with Gasteiger partial charge in [-0.3, -0.25) is 4.79 Å². The minimum Gasteiger partial charge on any atom is -0.382 e. The van der Waals surface area contributed by atoms with E-state index in [1.165, 1.54) is 0 Å². The van der Waals surface area contributed by atoms with Crippen molar-refractivity contribution in [2.75, 3.05) is 32.5 Å². The highest BCUT2D eigenvalue weighted by Gasteiger charge is 1.95. The van der Waals surface area contributed by atoms with Crippen molar-refractivity contribution in [2.45, 2.75) is 6.42 Å². The fourth-order valence-electron chi connectivity index (χ4n) is 1.30. The number of anilines is 1. The second-order valence-corrected chi connectivity index (χ2v) is 3.77. The molecule has 0 spiro atoms. The van der Waals surface area contributed by atoms with E-state index in [1.54, 1.807) is 12.1 Å². The molecule has 0 saturated carbocycles. The average molecular weight is 279 g/mol. The Hall–Kier alpha value is -0.770. The number of halogens is 2. The maximum Gasteiger partial charge on any atom is 0.201 e.